The number of nitrogens with two attached hydrogens (primary N) is 2. The lowest BCUT2D eigenvalue weighted by Gasteiger charge is -2.08. The Morgan fingerprint density at radius 3 is 2.94 bits per heavy atom. The highest BCUT2D eigenvalue weighted by molar-refractivity contribution is 5.84. The zero-order valence-corrected chi connectivity index (χ0v) is 9.15. The summed E-state index contributed by atoms with van der Waals surface area (Å²) in [5, 5.41) is 8.91. The highest BCUT2D eigenvalue weighted by Crippen LogP contribution is 2.24. The van der Waals surface area contributed by atoms with Gasteiger partial charge in [-0.15, -0.1) is 0 Å². The zero-order chi connectivity index (χ0) is 12.7. The Morgan fingerprint density at radius 1 is 1.39 bits per heavy atom. The second-order valence-corrected chi connectivity index (χ2v) is 3.58. The van der Waals surface area contributed by atoms with Crippen molar-refractivity contribution in [3.8, 4) is 0 Å². The number of hydrogen-bond acceptors (Lipinski definition) is 8. The monoisotopic (exact) mass is 250 g/mol. The van der Waals surface area contributed by atoms with Gasteiger partial charge in [-0.1, -0.05) is 0 Å². The predicted octanol–water partition coefficient (Wildman–Crippen LogP) is -0.888. The van der Waals surface area contributed by atoms with E-state index in [0.717, 1.165) is 0 Å². The first-order chi connectivity index (χ1) is 8.69. The summed E-state index contributed by atoms with van der Waals surface area (Å²) < 4.78 is 11.9. The number of fused-ring (bicyclic) bond motifs is 1. The third kappa shape index (κ3) is 1.49. The van der Waals surface area contributed by atoms with E-state index in [0.29, 0.717) is 17.0 Å². The third-order valence-corrected chi connectivity index (χ3v) is 2.40. The number of nitrogens with zero attached hydrogens (tertiary/aromatic N) is 4. The van der Waals surface area contributed by atoms with Crippen molar-refractivity contribution in [2.75, 3.05) is 18.1 Å². The molecule has 0 radical (unpaired) electrons. The molecule has 9 heteroatoms. The zero-order valence-electron chi connectivity index (χ0n) is 9.15. The van der Waals surface area contributed by atoms with Gasteiger partial charge in [0, 0.05) is 0 Å². The van der Waals surface area contributed by atoms with Gasteiger partial charge < -0.3 is 26.0 Å². The van der Waals surface area contributed by atoms with E-state index >= 15 is 0 Å². The van der Waals surface area contributed by atoms with Crippen molar-refractivity contribution in [2.45, 2.75) is 6.29 Å². The van der Waals surface area contributed by atoms with E-state index in [2.05, 4.69) is 15.0 Å². The molecule has 3 rings (SSSR count). The maximum Gasteiger partial charge on any atom is 0.265 e. The van der Waals surface area contributed by atoms with Crippen LogP contribution >= 0.6 is 0 Å². The van der Waals surface area contributed by atoms with E-state index < -0.39 is 6.29 Å². The van der Waals surface area contributed by atoms with Crippen molar-refractivity contribution >= 4 is 28.8 Å². The summed E-state index contributed by atoms with van der Waals surface area (Å²) in [7, 11) is 0. The molecular weight excluding hydrogens is 240 g/mol. The lowest BCUT2D eigenvalue weighted by molar-refractivity contribution is -0.0552. The fourth-order valence-corrected chi connectivity index (χ4v) is 1.62. The van der Waals surface area contributed by atoms with Crippen molar-refractivity contribution in [3.63, 3.8) is 0 Å². The molecule has 2 aromatic heterocycles. The van der Waals surface area contributed by atoms with Gasteiger partial charge in [0.05, 0.1) is 0 Å². The number of nitrogen functional groups attached to an aromatic ring is 2. The van der Waals surface area contributed by atoms with Crippen LogP contribution in [0.2, 0.25) is 0 Å². The van der Waals surface area contributed by atoms with Gasteiger partial charge in [0.2, 0.25) is 11.8 Å². The third-order valence-electron chi connectivity index (χ3n) is 2.40. The van der Waals surface area contributed by atoms with Crippen molar-refractivity contribution in [1.82, 2.24) is 19.5 Å². The minimum Gasteiger partial charge on any atom is -0.454 e. The number of ether oxygens (including phenoxy) is 2. The number of hydrogen-bond donors (Lipinski definition) is 3. The Labute approximate surface area is 101 Å². The van der Waals surface area contributed by atoms with Gasteiger partial charge in [0.1, 0.15) is 19.2 Å². The lowest BCUT2D eigenvalue weighted by Crippen LogP contribution is -2.14. The van der Waals surface area contributed by atoms with Crippen molar-refractivity contribution < 1.29 is 14.6 Å². The summed E-state index contributed by atoms with van der Waals surface area (Å²) >= 11 is 0. The summed E-state index contributed by atoms with van der Waals surface area (Å²) in [6.45, 7) is -0.258. The van der Waals surface area contributed by atoms with Crippen LogP contribution in [0.3, 0.4) is 0 Å². The number of anilines is 2. The molecule has 0 saturated heterocycles. The summed E-state index contributed by atoms with van der Waals surface area (Å²) in [5.74, 6) is 0.573. The van der Waals surface area contributed by atoms with Crippen LogP contribution in [0.15, 0.2) is 12.6 Å². The molecule has 2 aromatic rings. The first-order valence-corrected chi connectivity index (χ1v) is 5.08. The van der Waals surface area contributed by atoms with Gasteiger partial charge in [-0.3, -0.25) is 0 Å². The second-order valence-electron chi connectivity index (χ2n) is 3.58. The van der Waals surface area contributed by atoms with Gasteiger partial charge in [-0.05, 0) is 0 Å². The van der Waals surface area contributed by atoms with E-state index in [4.69, 9.17) is 26.0 Å². The van der Waals surface area contributed by atoms with Crippen LogP contribution in [0.1, 0.15) is 0 Å². The molecule has 0 aromatic carbocycles. The van der Waals surface area contributed by atoms with Crippen molar-refractivity contribution in [2.24, 2.45) is 0 Å². The van der Waals surface area contributed by atoms with Crippen LogP contribution in [-0.2, 0) is 9.47 Å². The topological polar surface area (TPSA) is 134 Å². The van der Waals surface area contributed by atoms with Crippen LogP contribution in [0, 0.1) is 0 Å². The normalized spacial score (nSPS) is 18.5. The quantitative estimate of drug-likeness (QED) is 0.624. The molecule has 1 aliphatic heterocycles. The molecule has 18 heavy (non-hydrogen) atoms. The molecule has 3 heterocycles. The van der Waals surface area contributed by atoms with Crippen LogP contribution in [-0.4, -0.2) is 37.5 Å². The Kier molecular flexibility index (Phi) is 2.20. The van der Waals surface area contributed by atoms with E-state index in [1.807, 2.05) is 0 Å². The molecule has 0 bridgehead atoms. The Bertz CT molecular complexity index is 637. The maximum atomic E-state index is 8.91. The van der Waals surface area contributed by atoms with Crippen molar-refractivity contribution in [3.05, 3.63) is 12.6 Å². The molecule has 94 valence electrons. The van der Waals surface area contributed by atoms with E-state index in [1.54, 1.807) is 0 Å². The SMILES string of the molecule is Nc1nc(N)c2ncn(C3=COC(CO)O3)c2n1. The summed E-state index contributed by atoms with van der Waals surface area (Å²) in [6, 6.07) is 0. The Balaban J connectivity index is 2.08. The first kappa shape index (κ1) is 10.6. The smallest absolute Gasteiger partial charge is 0.265 e. The summed E-state index contributed by atoms with van der Waals surface area (Å²) in [4.78, 5) is 11.9. The standard InChI is InChI=1S/C9H10N6O3/c10-7-6-8(14-9(11)13-7)15(3-12-6)4-2-17-5(1-16)18-4/h2-3,5,16H,1H2,(H4,10,11,13,14). The average Bonchev–Trinajstić information content (AvgIpc) is 2.93. The highest BCUT2D eigenvalue weighted by Gasteiger charge is 2.22. The molecule has 0 spiro atoms. The average molecular weight is 250 g/mol. The molecule has 0 aliphatic carbocycles. The number of rotatable bonds is 2. The Morgan fingerprint density at radius 2 is 2.22 bits per heavy atom. The van der Waals surface area contributed by atoms with Crippen LogP contribution in [0.5, 0.6) is 0 Å². The van der Waals surface area contributed by atoms with Gasteiger partial charge in [-0.2, -0.15) is 9.97 Å². The predicted molar refractivity (Wildman–Crippen MR) is 61.5 cm³/mol. The molecule has 0 fully saturated rings. The first-order valence-electron chi connectivity index (χ1n) is 5.08. The fourth-order valence-electron chi connectivity index (χ4n) is 1.62. The van der Waals surface area contributed by atoms with Gasteiger partial charge >= 0.3 is 0 Å². The summed E-state index contributed by atoms with van der Waals surface area (Å²) in [6.07, 6.45) is 2.09. The molecule has 1 atom stereocenters. The van der Waals surface area contributed by atoms with Crippen LogP contribution in [0.4, 0.5) is 11.8 Å². The number of aliphatic hydroxyl groups excluding tert-OH is 1. The maximum absolute atomic E-state index is 8.91. The van der Waals surface area contributed by atoms with E-state index in [1.165, 1.54) is 17.2 Å². The van der Waals surface area contributed by atoms with Crippen LogP contribution < -0.4 is 11.5 Å². The van der Waals surface area contributed by atoms with Gasteiger partial charge in [0.25, 0.3) is 6.29 Å². The van der Waals surface area contributed by atoms with E-state index in [9.17, 15) is 0 Å². The summed E-state index contributed by atoms with van der Waals surface area (Å²) in [5.41, 5.74) is 12.0. The van der Waals surface area contributed by atoms with Gasteiger partial charge in [0.15, 0.2) is 17.0 Å². The molecule has 0 amide bonds. The number of aliphatic hydroxyl groups is 1. The van der Waals surface area contributed by atoms with Gasteiger partial charge in [-0.25, -0.2) is 9.55 Å². The minimum atomic E-state index is -0.728. The molecule has 0 saturated carbocycles. The number of imidazole rings is 1. The molecule has 1 unspecified atom stereocenters. The molecule has 9 nitrogen and oxygen atoms in total. The Hall–Kier alpha value is -2.55. The van der Waals surface area contributed by atoms with Crippen molar-refractivity contribution in [1.29, 1.82) is 0 Å². The fraction of sp³-hybridized carbons (Fsp3) is 0.222. The lowest BCUT2D eigenvalue weighted by atomic mass is 10.5. The largest absolute Gasteiger partial charge is 0.454 e. The van der Waals surface area contributed by atoms with Crippen LogP contribution in [0.25, 0.3) is 17.0 Å². The minimum absolute atomic E-state index is 0.0416. The second kappa shape index (κ2) is 3.74. The molecule has 1 aliphatic rings. The van der Waals surface area contributed by atoms with E-state index in [-0.39, 0.29) is 18.4 Å². The molecule has 5 N–H and O–H groups in total. The highest BCUT2D eigenvalue weighted by atomic mass is 16.7. The number of aromatic nitrogens is 4. The molecular formula is C9H10N6O3.